The molecule has 136 valence electrons. The Kier molecular flexibility index (Phi) is 4.55. The second-order valence-corrected chi connectivity index (χ2v) is 6.92. The molecule has 1 unspecified atom stereocenters. The quantitative estimate of drug-likeness (QED) is 0.670. The second kappa shape index (κ2) is 7.16. The van der Waals surface area contributed by atoms with Gasteiger partial charge in [-0.05, 0) is 61.7 Å². The normalized spacial score (nSPS) is 17.8. The molecule has 1 aliphatic rings. The van der Waals surface area contributed by atoms with Gasteiger partial charge in [-0.1, -0.05) is 36.4 Å². The summed E-state index contributed by atoms with van der Waals surface area (Å²) in [7, 11) is 0. The lowest BCUT2D eigenvalue weighted by Gasteiger charge is -2.32. The number of hydrogen-bond acceptors (Lipinski definition) is 3. The summed E-state index contributed by atoms with van der Waals surface area (Å²) < 4.78 is 11.4. The molecule has 0 saturated carbocycles. The minimum atomic E-state index is -0.345. The molecular weight excluding hydrogens is 338 g/mol. The van der Waals surface area contributed by atoms with Gasteiger partial charge in [0.2, 0.25) is 0 Å². The molecule has 0 aliphatic carbocycles. The Morgan fingerprint density at radius 2 is 1.93 bits per heavy atom. The molecule has 0 fully saturated rings. The Hall–Kier alpha value is -3.27. The van der Waals surface area contributed by atoms with Crippen LogP contribution >= 0.6 is 0 Å². The molecular formula is C23H21NO3. The number of benzene rings is 2. The zero-order valence-electron chi connectivity index (χ0n) is 15.1. The third-order valence-corrected chi connectivity index (χ3v) is 4.72. The smallest absolute Gasteiger partial charge is 0.291 e. The van der Waals surface area contributed by atoms with Crippen molar-refractivity contribution in [1.29, 1.82) is 0 Å². The summed E-state index contributed by atoms with van der Waals surface area (Å²) >= 11 is 0. The van der Waals surface area contributed by atoms with Crippen LogP contribution in [0.4, 0.5) is 5.69 Å². The van der Waals surface area contributed by atoms with Crippen molar-refractivity contribution in [2.45, 2.75) is 25.4 Å². The molecule has 1 atom stereocenters. The number of fused-ring (bicyclic) bond motifs is 1. The molecule has 2 aromatic carbocycles. The van der Waals surface area contributed by atoms with Gasteiger partial charge >= 0.3 is 0 Å². The molecule has 27 heavy (non-hydrogen) atoms. The highest BCUT2D eigenvalue weighted by Crippen LogP contribution is 2.35. The molecule has 1 aliphatic heterocycles. The number of aryl methyl sites for hydroxylation is 1. The number of carbonyl (C=O) groups is 1. The van der Waals surface area contributed by atoms with E-state index in [2.05, 4.69) is 48.7 Å². The first kappa shape index (κ1) is 17.2. The summed E-state index contributed by atoms with van der Waals surface area (Å²) in [6, 6.07) is 19.4. The zero-order chi connectivity index (χ0) is 18.7. The number of hydrogen-bond donors (Lipinski definition) is 1. The van der Waals surface area contributed by atoms with E-state index in [0.29, 0.717) is 5.69 Å². The molecule has 4 rings (SSSR count). The van der Waals surface area contributed by atoms with Crippen molar-refractivity contribution >= 4 is 17.7 Å². The molecule has 0 bridgehead atoms. The average molecular weight is 359 g/mol. The van der Waals surface area contributed by atoms with Gasteiger partial charge in [-0.3, -0.25) is 4.79 Å². The van der Waals surface area contributed by atoms with Crippen LogP contribution in [0.15, 0.2) is 77.4 Å². The molecule has 0 radical (unpaired) electrons. The van der Waals surface area contributed by atoms with Crippen LogP contribution in [-0.4, -0.2) is 11.5 Å². The number of rotatable bonds is 5. The van der Waals surface area contributed by atoms with Crippen molar-refractivity contribution in [3.63, 3.8) is 0 Å². The Morgan fingerprint density at radius 3 is 2.70 bits per heavy atom. The van der Waals surface area contributed by atoms with Gasteiger partial charge < -0.3 is 14.5 Å². The van der Waals surface area contributed by atoms with Crippen molar-refractivity contribution in [2.75, 3.05) is 5.32 Å². The molecule has 1 amide bonds. The number of amides is 1. The van der Waals surface area contributed by atoms with Gasteiger partial charge in [0.05, 0.1) is 6.26 Å². The summed E-state index contributed by atoms with van der Waals surface area (Å²) in [6.45, 7) is 2.10. The summed E-state index contributed by atoms with van der Waals surface area (Å²) in [4.78, 5) is 12.1. The largest absolute Gasteiger partial charge is 0.483 e. The van der Waals surface area contributed by atoms with E-state index >= 15 is 0 Å². The fourth-order valence-corrected chi connectivity index (χ4v) is 3.17. The van der Waals surface area contributed by atoms with E-state index in [1.54, 1.807) is 12.1 Å². The van der Waals surface area contributed by atoms with Crippen LogP contribution in [-0.2, 0) is 6.42 Å². The summed E-state index contributed by atoms with van der Waals surface area (Å²) in [5, 5.41) is 2.84. The first-order valence-corrected chi connectivity index (χ1v) is 9.02. The monoisotopic (exact) mass is 359 g/mol. The number of ether oxygens (including phenoxy) is 1. The van der Waals surface area contributed by atoms with Gasteiger partial charge in [0.1, 0.15) is 11.4 Å². The molecule has 1 N–H and O–H groups in total. The first-order valence-electron chi connectivity index (χ1n) is 9.02. The number of anilines is 1. The number of furan rings is 1. The van der Waals surface area contributed by atoms with E-state index in [1.165, 1.54) is 11.8 Å². The highest BCUT2D eigenvalue weighted by atomic mass is 16.5. The predicted molar refractivity (Wildman–Crippen MR) is 106 cm³/mol. The molecule has 3 aromatic rings. The van der Waals surface area contributed by atoms with Gasteiger partial charge in [0.15, 0.2) is 5.76 Å². The van der Waals surface area contributed by atoms with Crippen LogP contribution < -0.4 is 10.1 Å². The molecule has 4 heteroatoms. The van der Waals surface area contributed by atoms with Gasteiger partial charge in [0.25, 0.3) is 5.91 Å². The molecule has 0 saturated heterocycles. The minimum absolute atomic E-state index is 0.270. The summed E-state index contributed by atoms with van der Waals surface area (Å²) in [5.41, 5.74) is 2.61. The number of carbonyl (C=O) groups excluding carboxylic acids is 1. The Bertz CT molecular complexity index is 961. The molecule has 2 heterocycles. The lowest BCUT2D eigenvalue weighted by molar-refractivity contribution is 0.0996. The topological polar surface area (TPSA) is 51.5 Å². The van der Waals surface area contributed by atoms with E-state index in [4.69, 9.17) is 9.15 Å². The van der Waals surface area contributed by atoms with Crippen LogP contribution in [0.25, 0.3) is 6.08 Å². The van der Waals surface area contributed by atoms with Crippen molar-refractivity contribution in [3.8, 4) is 5.75 Å². The standard InChI is InChI=1S/C23H21NO3/c1-23(13-11-17-6-3-2-4-7-17)14-12-18-16-19(9-10-20(18)27-23)24-22(25)21-8-5-15-26-21/h2-10,12,14-16H,11,13H2,1H3,(H,24,25). The Balaban J connectivity index is 1.44. The van der Waals surface area contributed by atoms with Gasteiger partial charge in [-0.2, -0.15) is 0 Å². The van der Waals surface area contributed by atoms with E-state index in [-0.39, 0.29) is 17.3 Å². The van der Waals surface area contributed by atoms with Crippen LogP contribution in [0, 0.1) is 0 Å². The second-order valence-electron chi connectivity index (χ2n) is 6.92. The third-order valence-electron chi connectivity index (χ3n) is 4.72. The maximum atomic E-state index is 12.1. The average Bonchev–Trinajstić information content (AvgIpc) is 3.23. The van der Waals surface area contributed by atoms with Crippen LogP contribution in [0.2, 0.25) is 0 Å². The molecule has 1 aromatic heterocycles. The SMILES string of the molecule is CC1(CCc2ccccc2)C=Cc2cc(NC(=O)c3ccco3)ccc2O1. The zero-order valence-corrected chi connectivity index (χ0v) is 15.1. The highest BCUT2D eigenvalue weighted by molar-refractivity contribution is 6.02. The van der Waals surface area contributed by atoms with Gasteiger partial charge in [-0.15, -0.1) is 0 Å². The highest BCUT2D eigenvalue weighted by Gasteiger charge is 2.27. The maximum absolute atomic E-state index is 12.1. The first-order chi connectivity index (χ1) is 13.1. The Labute approximate surface area is 158 Å². The summed E-state index contributed by atoms with van der Waals surface area (Å²) in [6.07, 6.45) is 7.48. The summed E-state index contributed by atoms with van der Waals surface area (Å²) in [5.74, 6) is 0.838. The molecule has 0 spiro atoms. The van der Waals surface area contributed by atoms with Crippen molar-refractivity contribution in [2.24, 2.45) is 0 Å². The van der Waals surface area contributed by atoms with E-state index in [9.17, 15) is 4.79 Å². The predicted octanol–water partition coefficient (Wildman–Crippen LogP) is 5.33. The lowest BCUT2D eigenvalue weighted by atomic mass is 9.93. The lowest BCUT2D eigenvalue weighted by Crippen LogP contribution is -2.32. The minimum Gasteiger partial charge on any atom is -0.483 e. The van der Waals surface area contributed by atoms with Gasteiger partial charge in [0, 0.05) is 11.3 Å². The van der Waals surface area contributed by atoms with Crippen LogP contribution in [0.3, 0.4) is 0 Å². The third kappa shape index (κ3) is 3.95. The van der Waals surface area contributed by atoms with Crippen molar-refractivity contribution < 1.29 is 13.9 Å². The Morgan fingerprint density at radius 1 is 1.07 bits per heavy atom. The fourth-order valence-electron chi connectivity index (χ4n) is 3.17. The maximum Gasteiger partial charge on any atom is 0.291 e. The van der Waals surface area contributed by atoms with Gasteiger partial charge in [-0.25, -0.2) is 0 Å². The van der Waals surface area contributed by atoms with E-state index < -0.39 is 0 Å². The van der Waals surface area contributed by atoms with Crippen LogP contribution in [0.1, 0.15) is 35.0 Å². The fraction of sp³-hybridized carbons (Fsp3) is 0.174. The van der Waals surface area contributed by atoms with E-state index in [1.807, 2.05) is 24.3 Å². The number of nitrogens with one attached hydrogen (secondary N) is 1. The van der Waals surface area contributed by atoms with Crippen molar-refractivity contribution in [3.05, 3.63) is 89.9 Å². The molecule has 4 nitrogen and oxygen atoms in total. The van der Waals surface area contributed by atoms with Crippen LogP contribution in [0.5, 0.6) is 5.75 Å². The van der Waals surface area contributed by atoms with E-state index in [0.717, 1.165) is 24.2 Å². The van der Waals surface area contributed by atoms with Crippen molar-refractivity contribution in [1.82, 2.24) is 0 Å².